The minimum absolute atomic E-state index is 0.194. The minimum atomic E-state index is -0.451. The van der Waals surface area contributed by atoms with Crippen LogP contribution in [0.2, 0.25) is 0 Å². The largest absolute Gasteiger partial charge is 0.322 e. The predicted molar refractivity (Wildman–Crippen MR) is 153 cm³/mol. The average molecular weight is 543 g/mol. The molecule has 10 nitrogen and oxygen atoms in total. The maximum absolute atomic E-state index is 13.5. The van der Waals surface area contributed by atoms with E-state index in [1.807, 2.05) is 37.4 Å². The highest BCUT2D eigenvalue weighted by Crippen LogP contribution is 2.25. The van der Waals surface area contributed by atoms with Crippen LogP contribution >= 0.6 is 0 Å². The molecule has 0 atom stereocenters. The van der Waals surface area contributed by atoms with E-state index in [1.54, 1.807) is 38.5 Å². The fourth-order valence-electron chi connectivity index (χ4n) is 4.89. The molecule has 41 heavy (non-hydrogen) atoms. The Balaban J connectivity index is 1.14. The van der Waals surface area contributed by atoms with Crippen LogP contribution in [-0.2, 0) is 19.5 Å². The Hall–Kier alpha value is -5.56. The van der Waals surface area contributed by atoms with Crippen LogP contribution in [0, 0.1) is 11.3 Å². The average Bonchev–Trinajstić information content (AvgIpc) is 3.67. The van der Waals surface area contributed by atoms with Crippen LogP contribution in [-0.4, -0.2) is 43.1 Å². The Morgan fingerprint density at radius 2 is 1.78 bits per heavy atom. The molecule has 0 radical (unpaired) electrons. The molecule has 5 aromatic rings. The predicted octanol–water partition coefficient (Wildman–Crippen LogP) is 4.54. The van der Waals surface area contributed by atoms with Crippen molar-refractivity contribution in [2.24, 2.45) is 0 Å². The number of amides is 2. The first-order valence-electron chi connectivity index (χ1n) is 13.3. The van der Waals surface area contributed by atoms with Crippen molar-refractivity contribution in [2.75, 3.05) is 16.8 Å². The summed E-state index contributed by atoms with van der Waals surface area (Å²) in [6.07, 6.45) is 4.10. The number of hydrogen-bond acceptors (Lipinski definition) is 6. The van der Waals surface area contributed by atoms with Gasteiger partial charge in [0, 0.05) is 30.0 Å². The summed E-state index contributed by atoms with van der Waals surface area (Å²) in [4.78, 5) is 28.3. The molecule has 6 rings (SSSR count). The van der Waals surface area contributed by atoms with E-state index >= 15 is 0 Å². The zero-order chi connectivity index (χ0) is 28.3. The van der Waals surface area contributed by atoms with Crippen molar-refractivity contribution < 1.29 is 9.59 Å². The molecule has 3 heterocycles. The molecule has 0 saturated heterocycles. The van der Waals surface area contributed by atoms with Gasteiger partial charge in [0.1, 0.15) is 11.4 Å². The summed E-state index contributed by atoms with van der Waals surface area (Å²) in [6.45, 7) is 3.73. The highest BCUT2D eigenvalue weighted by Gasteiger charge is 2.32. The van der Waals surface area contributed by atoms with Gasteiger partial charge in [0.25, 0.3) is 11.8 Å². The van der Waals surface area contributed by atoms with Gasteiger partial charge in [-0.05, 0) is 54.8 Å². The second kappa shape index (κ2) is 10.9. The Morgan fingerprint density at radius 3 is 2.49 bits per heavy atom. The van der Waals surface area contributed by atoms with Crippen LogP contribution in [0.5, 0.6) is 0 Å². The van der Waals surface area contributed by atoms with Crippen LogP contribution in [0.4, 0.5) is 11.4 Å². The van der Waals surface area contributed by atoms with Crippen molar-refractivity contribution in [1.29, 1.82) is 5.26 Å². The van der Waals surface area contributed by atoms with E-state index in [4.69, 9.17) is 5.26 Å². The summed E-state index contributed by atoms with van der Waals surface area (Å²) in [5.41, 5.74) is 6.26. The molecule has 202 valence electrons. The molecule has 2 amide bonds. The highest BCUT2D eigenvalue weighted by atomic mass is 16.2. The van der Waals surface area contributed by atoms with Gasteiger partial charge < -0.3 is 10.2 Å². The molecular weight excluding hydrogens is 516 g/mol. The summed E-state index contributed by atoms with van der Waals surface area (Å²) < 4.78 is 3.37. The van der Waals surface area contributed by atoms with E-state index in [-0.39, 0.29) is 17.2 Å². The number of nitrogens with one attached hydrogen (secondary N) is 1. The first-order valence-corrected chi connectivity index (χ1v) is 13.3. The van der Waals surface area contributed by atoms with Gasteiger partial charge in [-0.2, -0.15) is 10.4 Å². The van der Waals surface area contributed by atoms with Gasteiger partial charge in [0.05, 0.1) is 36.1 Å². The van der Waals surface area contributed by atoms with Crippen molar-refractivity contribution in [1.82, 2.24) is 24.8 Å². The van der Waals surface area contributed by atoms with Gasteiger partial charge in [-0.25, -0.2) is 0 Å². The molecule has 0 bridgehead atoms. The molecule has 0 spiro atoms. The lowest BCUT2D eigenvalue weighted by Crippen LogP contribution is -2.41. The minimum Gasteiger partial charge on any atom is -0.322 e. The van der Waals surface area contributed by atoms with E-state index in [2.05, 4.69) is 51.1 Å². The number of aromatic nitrogens is 5. The Bertz CT molecular complexity index is 1780. The molecule has 3 aromatic carbocycles. The summed E-state index contributed by atoms with van der Waals surface area (Å²) in [7, 11) is 0. The van der Waals surface area contributed by atoms with Gasteiger partial charge in [-0.15, -0.1) is 5.10 Å². The fourth-order valence-corrected chi connectivity index (χ4v) is 4.89. The van der Waals surface area contributed by atoms with Gasteiger partial charge in [-0.3, -0.25) is 19.0 Å². The first-order chi connectivity index (χ1) is 20.0. The molecule has 2 aromatic heterocycles. The van der Waals surface area contributed by atoms with Gasteiger partial charge in [0.2, 0.25) is 0 Å². The number of rotatable bonds is 7. The summed E-state index contributed by atoms with van der Waals surface area (Å²) in [6, 6.07) is 24.9. The van der Waals surface area contributed by atoms with E-state index in [9.17, 15) is 9.59 Å². The Morgan fingerprint density at radius 1 is 1.02 bits per heavy atom. The maximum atomic E-state index is 13.5. The summed E-state index contributed by atoms with van der Waals surface area (Å²) >= 11 is 0. The van der Waals surface area contributed by atoms with Crippen LogP contribution in [0.3, 0.4) is 0 Å². The van der Waals surface area contributed by atoms with Crippen molar-refractivity contribution in [3.05, 3.63) is 113 Å². The van der Waals surface area contributed by atoms with Crippen LogP contribution in [0.25, 0.3) is 11.3 Å². The first kappa shape index (κ1) is 25.7. The second-order valence-electron chi connectivity index (χ2n) is 9.73. The van der Waals surface area contributed by atoms with Gasteiger partial charge in [0.15, 0.2) is 0 Å². The highest BCUT2D eigenvalue weighted by molar-refractivity contribution is 6.15. The topological polar surface area (TPSA) is 122 Å². The molecular formula is C31H26N8O2. The standard InChI is InChI=1S/C31H26N8O2/c1-2-37-20-28(35-36-37)24-10-6-21(7-11-24)16-22-8-12-26(13-9-22)38-14-15-39-29(31(38)41)27(19-33-39)30(40)34-25-5-3-4-23(17-25)18-32/h3-13,17,19-20H,2,14-16H2,1H3,(H,34,40). The smallest absolute Gasteiger partial charge is 0.277 e. The molecule has 0 fully saturated rings. The molecule has 1 aliphatic rings. The quantitative estimate of drug-likeness (QED) is 0.322. The van der Waals surface area contributed by atoms with E-state index in [1.165, 1.54) is 11.8 Å². The number of fused-ring (bicyclic) bond motifs is 1. The fraction of sp³-hybridized carbons (Fsp3) is 0.161. The van der Waals surface area contributed by atoms with Crippen molar-refractivity contribution in [3.8, 4) is 17.3 Å². The zero-order valence-electron chi connectivity index (χ0n) is 22.4. The lowest BCUT2D eigenvalue weighted by atomic mass is 10.0. The monoisotopic (exact) mass is 542 g/mol. The van der Waals surface area contributed by atoms with E-state index in [0.717, 1.165) is 35.5 Å². The molecule has 10 heteroatoms. The lowest BCUT2D eigenvalue weighted by molar-refractivity contribution is 0.0947. The summed E-state index contributed by atoms with van der Waals surface area (Å²) in [5.74, 6) is -0.735. The van der Waals surface area contributed by atoms with Gasteiger partial charge >= 0.3 is 0 Å². The number of nitriles is 1. The second-order valence-corrected chi connectivity index (χ2v) is 9.73. The number of anilines is 2. The summed E-state index contributed by atoms with van der Waals surface area (Å²) in [5, 5.41) is 24.5. The zero-order valence-corrected chi connectivity index (χ0v) is 22.4. The normalized spacial score (nSPS) is 12.6. The molecule has 0 saturated carbocycles. The molecule has 0 unspecified atom stereocenters. The number of benzene rings is 3. The number of nitrogens with zero attached hydrogens (tertiary/aromatic N) is 7. The van der Waals surface area contributed by atoms with Gasteiger partial charge in [-0.1, -0.05) is 47.7 Å². The molecule has 1 N–H and O–H groups in total. The number of hydrogen-bond donors (Lipinski definition) is 1. The Labute approximate surface area is 236 Å². The number of aryl methyl sites for hydroxylation is 1. The third-order valence-corrected chi connectivity index (χ3v) is 7.09. The van der Waals surface area contributed by atoms with Crippen LogP contribution < -0.4 is 10.2 Å². The maximum Gasteiger partial charge on any atom is 0.277 e. The molecule has 1 aliphatic heterocycles. The molecule has 0 aliphatic carbocycles. The van der Waals surface area contributed by atoms with E-state index in [0.29, 0.717) is 24.3 Å². The van der Waals surface area contributed by atoms with Crippen molar-refractivity contribution in [2.45, 2.75) is 26.4 Å². The third kappa shape index (κ3) is 5.21. The van der Waals surface area contributed by atoms with Crippen LogP contribution in [0.1, 0.15) is 44.5 Å². The van der Waals surface area contributed by atoms with Crippen LogP contribution in [0.15, 0.2) is 85.2 Å². The number of carbonyl (C=O) groups is 2. The van der Waals surface area contributed by atoms with Crippen molar-refractivity contribution in [3.63, 3.8) is 0 Å². The SMILES string of the molecule is CCn1cc(-c2ccc(Cc3ccc(N4CCn5ncc(C(=O)Nc6cccc(C#N)c6)c5C4=O)cc3)cc2)nn1. The Kier molecular flexibility index (Phi) is 6.83. The number of carbonyl (C=O) groups excluding carboxylic acids is 2. The van der Waals surface area contributed by atoms with Crippen molar-refractivity contribution >= 4 is 23.2 Å². The van der Waals surface area contributed by atoms with E-state index < -0.39 is 5.91 Å². The lowest BCUT2D eigenvalue weighted by Gasteiger charge is -2.28. The third-order valence-electron chi connectivity index (χ3n) is 7.09.